The summed E-state index contributed by atoms with van der Waals surface area (Å²) in [6, 6.07) is 14.9. The second kappa shape index (κ2) is 16.9. The Hall–Kier alpha value is -3.59. The number of benzene rings is 2. The van der Waals surface area contributed by atoms with E-state index in [0.717, 1.165) is 50.5 Å². The lowest BCUT2D eigenvalue weighted by molar-refractivity contribution is -0.137. The van der Waals surface area contributed by atoms with Crippen molar-refractivity contribution in [2.45, 2.75) is 89.3 Å². The van der Waals surface area contributed by atoms with Crippen LogP contribution < -0.4 is 10.6 Å². The van der Waals surface area contributed by atoms with E-state index in [0.29, 0.717) is 25.1 Å². The molecule has 0 spiro atoms. The Labute approximate surface area is 253 Å². The van der Waals surface area contributed by atoms with E-state index in [1.807, 2.05) is 30.3 Å². The number of nitrogens with one attached hydrogen (secondary N) is 2. The molecule has 2 aromatic carbocycles. The molecule has 3 atom stereocenters. The number of Topliss-reactive ketones (excluding diaryl/α,β-unsaturated/α-hetero) is 1. The lowest BCUT2D eigenvalue weighted by Crippen LogP contribution is -2.46. The average molecular weight is 594 g/mol. The fraction of sp³-hybridized carbons (Fsp3) is 0.529. The van der Waals surface area contributed by atoms with Gasteiger partial charge < -0.3 is 20.3 Å². The van der Waals surface area contributed by atoms with Crippen molar-refractivity contribution in [3.8, 4) is 0 Å². The predicted molar refractivity (Wildman–Crippen MR) is 161 cm³/mol. The number of rotatable bonds is 6. The summed E-state index contributed by atoms with van der Waals surface area (Å²) < 4.78 is 20.0. The standard InChI is InChI=1S/C34H44FN3O5/c35-28-16-10-9-15-26(28)23-36-34(42)27-21-31(39)29(37-32(40)18-8-3-1-2-4-11-20-43-24-27)22-33(41)38-19-12-17-30(38)25-13-6-5-7-14-25/h5-7,9-10,13-16,27,29-30H,1-4,8,11-12,17-24H2,(H,36,42)(H,37,40)/t27-,29-,30+/m0/s1. The van der Waals surface area contributed by atoms with E-state index < -0.39 is 23.7 Å². The van der Waals surface area contributed by atoms with Gasteiger partial charge in [0.25, 0.3) is 0 Å². The Morgan fingerprint density at radius 2 is 1.65 bits per heavy atom. The molecule has 0 unspecified atom stereocenters. The number of carbonyl (C=O) groups is 4. The molecule has 0 aromatic heterocycles. The van der Waals surface area contributed by atoms with Gasteiger partial charge in [0.05, 0.1) is 31.0 Å². The van der Waals surface area contributed by atoms with Crippen molar-refractivity contribution < 1.29 is 28.3 Å². The van der Waals surface area contributed by atoms with Crippen molar-refractivity contribution in [3.63, 3.8) is 0 Å². The van der Waals surface area contributed by atoms with E-state index in [1.54, 1.807) is 23.1 Å². The summed E-state index contributed by atoms with van der Waals surface area (Å²) in [5.41, 5.74) is 1.39. The first-order chi connectivity index (χ1) is 20.9. The van der Waals surface area contributed by atoms with E-state index in [-0.39, 0.29) is 56.1 Å². The summed E-state index contributed by atoms with van der Waals surface area (Å²) in [5.74, 6) is -2.56. The summed E-state index contributed by atoms with van der Waals surface area (Å²) in [4.78, 5) is 55.3. The van der Waals surface area contributed by atoms with Crippen molar-refractivity contribution in [3.05, 3.63) is 71.5 Å². The van der Waals surface area contributed by atoms with Gasteiger partial charge in [0.15, 0.2) is 5.78 Å². The van der Waals surface area contributed by atoms with Gasteiger partial charge in [-0.3, -0.25) is 19.2 Å². The molecule has 2 aromatic rings. The van der Waals surface area contributed by atoms with Gasteiger partial charge in [-0.15, -0.1) is 0 Å². The highest BCUT2D eigenvalue weighted by molar-refractivity contribution is 5.95. The molecular formula is C34H44FN3O5. The third-order valence-electron chi connectivity index (χ3n) is 8.35. The third-order valence-corrected chi connectivity index (χ3v) is 8.35. The van der Waals surface area contributed by atoms with Crippen molar-refractivity contribution >= 4 is 23.5 Å². The SMILES string of the molecule is O=C1CCCCCCCCOC[C@@H](C(=O)NCc2ccccc2F)CC(=O)[C@H](CC(=O)N2CCC[C@@H]2c2ccccc2)N1. The molecule has 3 amide bonds. The van der Waals surface area contributed by atoms with Crippen molar-refractivity contribution in [2.24, 2.45) is 5.92 Å². The number of nitrogens with zero attached hydrogens (tertiary/aromatic N) is 1. The number of amides is 3. The number of carbonyl (C=O) groups excluding carboxylic acids is 4. The molecule has 4 rings (SSSR count). The Morgan fingerprint density at radius 3 is 2.44 bits per heavy atom. The van der Waals surface area contributed by atoms with E-state index >= 15 is 0 Å². The Balaban J connectivity index is 1.48. The first-order valence-corrected chi connectivity index (χ1v) is 15.7. The number of hydrogen-bond acceptors (Lipinski definition) is 5. The summed E-state index contributed by atoms with van der Waals surface area (Å²) in [7, 11) is 0. The Morgan fingerprint density at radius 1 is 0.930 bits per heavy atom. The van der Waals surface area contributed by atoms with Gasteiger partial charge in [-0.2, -0.15) is 0 Å². The molecule has 0 aliphatic carbocycles. The lowest BCUT2D eigenvalue weighted by atomic mass is 9.95. The van der Waals surface area contributed by atoms with Crippen molar-refractivity contribution in [2.75, 3.05) is 19.8 Å². The number of ketones is 1. The quantitative estimate of drug-likeness (QED) is 0.490. The van der Waals surface area contributed by atoms with Gasteiger partial charge in [0, 0.05) is 38.1 Å². The first kappa shape index (κ1) is 32.3. The average Bonchev–Trinajstić information content (AvgIpc) is 3.51. The number of likely N-dealkylation sites (tertiary alicyclic amines) is 1. The summed E-state index contributed by atoms with van der Waals surface area (Å²) >= 11 is 0. The molecule has 0 radical (unpaired) electrons. The molecule has 2 N–H and O–H groups in total. The monoisotopic (exact) mass is 593 g/mol. The van der Waals surface area contributed by atoms with E-state index in [4.69, 9.17) is 4.74 Å². The molecule has 0 bridgehead atoms. The van der Waals surface area contributed by atoms with Crippen LogP contribution in [-0.2, 0) is 30.5 Å². The smallest absolute Gasteiger partial charge is 0.226 e. The van der Waals surface area contributed by atoms with Gasteiger partial charge in [0.2, 0.25) is 17.7 Å². The zero-order chi connectivity index (χ0) is 30.4. The van der Waals surface area contributed by atoms with Crippen LogP contribution in [0.1, 0.15) is 87.8 Å². The molecule has 2 fully saturated rings. The first-order valence-electron chi connectivity index (χ1n) is 15.7. The van der Waals surface area contributed by atoms with Crippen LogP contribution in [0.15, 0.2) is 54.6 Å². The number of hydrogen-bond donors (Lipinski definition) is 2. The molecule has 2 aliphatic rings. The van der Waals surface area contributed by atoms with Gasteiger partial charge in [-0.25, -0.2) is 4.39 Å². The van der Waals surface area contributed by atoms with Gasteiger partial charge >= 0.3 is 0 Å². The summed E-state index contributed by atoms with van der Waals surface area (Å²) in [5, 5.41) is 5.57. The minimum absolute atomic E-state index is 0.0195. The second-order valence-electron chi connectivity index (χ2n) is 11.6. The maximum atomic E-state index is 14.1. The topological polar surface area (TPSA) is 105 Å². The van der Waals surface area contributed by atoms with E-state index in [1.165, 1.54) is 6.07 Å². The lowest BCUT2D eigenvalue weighted by Gasteiger charge is -2.28. The Bertz CT molecular complexity index is 1220. The molecule has 8 nitrogen and oxygen atoms in total. The van der Waals surface area contributed by atoms with E-state index in [2.05, 4.69) is 10.6 Å². The zero-order valence-electron chi connectivity index (χ0n) is 24.9. The van der Waals surface area contributed by atoms with Gasteiger partial charge in [-0.1, -0.05) is 74.2 Å². The molecule has 2 aliphatic heterocycles. The second-order valence-corrected chi connectivity index (χ2v) is 11.6. The van der Waals surface area contributed by atoms with Gasteiger partial charge in [0.1, 0.15) is 5.82 Å². The highest BCUT2D eigenvalue weighted by Crippen LogP contribution is 2.32. The molecular weight excluding hydrogens is 549 g/mol. The maximum absolute atomic E-state index is 14.1. The molecule has 43 heavy (non-hydrogen) atoms. The van der Waals surface area contributed by atoms with E-state index in [9.17, 15) is 23.6 Å². The Kier molecular flexibility index (Phi) is 12.7. The summed E-state index contributed by atoms with van der Waals surface area (Å²) in [6.07, 6.45) is 7.10. The largest absolute Gasteiger partial charge is 0.381 e. The number of halogens is 1. The maximum Gasteiger partial charge on any atom is 0.226 e. The van der Waals surface area contributed by atoms with Crippen LogP contribution in [0.5, 0.6) is 0 Å². The van der Waals surface area contributed by atoms with Crippen LogP contribution in [-0.4, -0.2) is 54.2 Å². The fourth-order valence-corrected chi connectivity index (χ4v) is 5.89. The highest BCUT2D eigenvalue weighted by Gasteiger charge is 2.34. The summed E-state index contributed by atoms with van der Waals surface area (Å²) in [6.45, 7) is 1.05. The van der Waals surface area contributed by atoms with Crippen LogP contribution in [0.25, 0.3) is 0 Å². The molecule has 232 valence electrons. The van der Waals surface area contributed by atoms with Crippen LogP contribution >= 0.6 is 0 Å². The van der Waals surface area contributed by atoms with Crippen molar-refractivity contribution in [1.82, 2.24) is 15.5 Å². The predicted octanol–water partition coefficient (Wildman–Crippen LogP) is 5.02. The highest BCUT2D eigenvalue weighted by atomic mass is 19.1. The minimum atomic E-state index is -1.05. The third kappa shape index (κ3) is 9.99. The minimum Gasteiger partial charge on any atom is -0.381 e. The zero-order valence-corrected chi connectivity index (χ0v) is 24.9. The molecule has 0 saturated carbocycles. The molecule has 2 heterocycles. The van der Waals surface area contributed by atoms with Crippen LogP contribution in [0.3, 0.4) is 0 Å². The van der Waals surface area contributed by atoms with Crippen LogP contribution in [0.4, 0.5) is 4.39 Å². The normalized spacial score (nSPS) is 23.0. The van der Waals surface area contributed by atoms with Crippen LogP contribution in [0.2, 0.25) is 0 Å². The van der Waals surface area contributed by atoms with Crippen LogP contribution in [0, 0.1) is 11.7 Å². The fourth-order valence-electron chi connectivity index (χ4n) is 5.89. The molecule has 2 saturated heterocycles. The number of ether oxygens (including phenoxy) is 1. The van der Waals surface area contributed by atoms with Crippen molar-refractivity contribution in [1.29, 1.82) is 0 Å². The molecule has 9 heteroatoms. The van der Waals surface area contributed by atoms with Gasteiger partial charge in [-0.05, 0) is 37.3 Å².